The molecule has 0 aromatic rings. The number of rotatable bonds is 20. The number of nitrogens with zero attached hydrogens (tertiary/aromatic N) is 1. The molecular formula is C56H91FN2O6S. The van der Waals surface area contributed by atoms with Crippen molar-refractivity contribution in [2.24, 2.45) is 56.7 Å². The molecule has 66 heavy (non-hydrogen) atoms. The number of hydrogen-bond donors (Lipinski definition) is 1. The number of alkyl halides is 1. The van der Waals surface area contributed by atoms with Crippen LogP contribution in [0.25, 0.3) is 0 Å². The molecule has 1 aliphatic heterocycles. The fourth-order valence-electron chi connectivity index (χ4n) is 16.5. The van der Waals surface area contributed by atoms with Crippen LogP contribution in [0.5, 0.6) is 0 Å². The summed E-state index contributed by atoms with van der Waals surface area (Å²) in [6.45, 7) is 24.0. The van der Waals surface area contributed by atoms with E-state index in [1.54, 1.807) is 0 Å². The molecule has 5 fully saturated rings. The van der Waals surface area contributed by atoms with Crippen LogP contribution in [-0.2, 0) is 28.9 Å². The first-order valence-electron chi connectivity index (χ1n) is 26.9. The van der Waals surface area contributed by atoms with Crippen molar-refractivity contribution in [3.8, 4) is 0 Å². The number of nitrogens with one attached hydrogen (secondary N) is 1. The highest BCUT2D eigenvalue weighted by atomic mass is 32.2. The SMILES string of the molecule is C=C(C)[C@@H]1CC[C@]2(NCCN3CCS(=O)(=O)CC3)CC[C@]3(C)[C@H](CC[C@@H]4[C@@]5(C)CC=C(C6=CC[C@@](CF)(C(=O)OCOC(=O)CCCCCCCCCCC)CC6)C(C)(C)[C@@H]5CC[C@]43C)[C@@H]12. The summed E-state index contributed by atoms with van der Waals surface area (Å²) in [6, 6.07) is 0. The molecule has 7 rings (SSSR count). The van der Waals surface area contributed by atoms with Crippen LogP contribution in [0.2, 0.25) is 0 Å². The fourth-order valence-corrected chi connectivity index (χ4v) is 17.8. The summed E-state index contributed by atoms with van der Waals surface area (Å²) in [6.07, 6.45) is 27.7. The predicted octanol–water partition coefficient (Wildman–Crippen LogP) is 12.3. The van der Waals surface area contributed by atoms with Crippen LogP contribution >= 0.6 is 0 Å². The predicted molar refractivity (Wildman–Crippen MR) is 265 cm³/mol. The van der Waals surface area contributed by atoms with Gasteiger partial charge in [-0.1, -0.05) is 117 Å². The van der Waals surface area contributed by atoms with Gasteiger partial charge in [-0.05, 0) is 153 Å². The number of ether oxygens (including phenoxy) is 2. The van der Waals surface area contributed by atoms with Crippen LogP contribution in [0.15, 0.2) is 35.5 Å². The van der Waals surface area contributed by atoms with Gasteiger partial charge in [-0.15, -0.1) is 0 Å². The van der Waals surface area contributed by atoms with Crippen molar-refractivity contribution in [3.05, 3.63) is 35.5 Å². The highest BCUT2D eigenvalue weighted by Gasteiger charge is 2.70. The average Bonchev–Trinajstić information content (AvgIpc) is 3.66. The molecular weight excluding hydrogens is 848 g/mol. The van der Waals surface area contributed by atoms with Crippen LogP contribution in [0.3, 0.4) is 0 Å². The quantitative estimate of drug-likeness (QED) is 0.0557. The second-order valence-corrected chi connectivity index (χ2v) is 26.6. The third kappa shape index (κ3) is 9.97. The van der Waals surface area contributed by atoms with Crippen molar-refractivity contribution in [1.29, 1.82) is 0 Å². The number of carbonyl (C=O) groups excluding carboxylic acids is 2. The van der Waals surface area contributed by atoms with Gasteiger partial charge in [-0.3, -0.25) is 9.59 Å². The van der Waals surface area contributed by atoms with Crippen LogP contribution in [0.4, 0.5) is 4.39 Å². The van der Waals surface area contributed by atoms with E-state index in [-0.39, 0.29) is 44.7 Å². The number of fused-ring (bicyclic) bond motifs is 7. The van der Waals surface area contributed by atoms with Crippen molar-refractivity contribution in [2.45, 2.75) is 195 Å². The Morgan fingerprint density at radius 3 is 2.17 bits per heavy atom. The second-order valence-electron chi connectivity index (χ2n) is 24.3. The Morgan fingerprint density at radius 2 is 1.52 bits per heavy atom. The molecule has 10 heteroatoms. The minimum atomic E-state index is -2.89. The van der Waals surface area contributed by atoms with Gasteiger partial charge in [-0.25, -0.2) is 12.8 Å². The molecule has 0 spiro atoms. The highest BCUT2D eigenvalue weighted by Crippen LogP contribution is 2.76. The molecule has 0 aromatic heterocycles. The zero-order chi connectivity index (χ0) is 47.6. The molecule has 0 bridgehead atoms. The molecule has 1 saturated heterocycles. The maximum atomic E-state index is 14.9. The van der Waals surface area contributed by atoms with E-state index in [4.69, 9.17) is 9.47 Å². The molecule has 0 aromatic carbocycles. The zero-order valence-electron chi connectivity index (χ0n) is 42.6. The number of sulfone groups is 1. The summed E-state index contributed by atoms with van der Waals surface area (Å²) in [4.78, 5) is 28.1. The summed E-state index contributed by atoms with van der Waals surface area (Å²) in [7, 11) is -2.89. The van der Waals surface area contributed by atoms with E-state index in [1.807, 2.05) is 0 Å². The normalized spacial score (nSPS) is 38.2. The van der Waals surface area contributed by atoms with Crippen LogP contribution < -0.4 is 5.32 Å². The number of hydrogen-bond acceptors (Lipinski definition) is 8. The summed E-state index contributed by atoms with van der Waals surface area (Å²) in [5.41, 5.74) is 3.46. The minimum Gasteiger partial charge on any atom is -0.428 e. The third-order valence-electron chi connectivity index (χ3n) is 20.5. The second kappa shape index (κ2) is 20.7. The monoisotopic (exact) mass is 939 g/mol. The molecule has 374 valence electrons. The van der Waals surface area contributed by atoms with Gasteiger partial charge >= 0.3 is 11.9 Å². The van der Waals surface area contributed by atoms with E-state index in [1.165, 1.54) is 107 Å². The first kappa shape index (κ1) is 51.8. The first-order chi connectivity index (χ1) is 31.3. The Hall–Kier alpha value is -2.04. The highest BCUT2D eigenvalue weighted by molar-refractivity contribution is 7.91. The summed E-state index contributed by atoms with van der Waals surface area (Å²) < 4.78 is 49.8. The van der Waals surface area contributed by atoms with E-state index in [0.717, 1.165) is 38.8 Å². The van der Waals surface area contributed by atoms with Crippen molar-refractivity contribution in [1.82, 2.24) is 10.2 Å². The first-order valence-corrected chi connectivity index (χ1v) is 28.8. The molecule has 10 atom stereocenters. The van der Waals surface area contributed by atoms with Gasteiger partial charge in [0.05, 0.1) is 11.5 Å². The van der Waals surface area contributed by atoms with E-state index in [2.05, 4.69) is 77.4 Å². The van der Waals surface area contributed by atoms with Gasteiger partial charge in [0.1, 0.15) is 12.1 Å². The Kier molecular flexibility index (Phi) is 16.3. The molecule has 1 heterocycles. The van der Waals surface area contributed by atoms with Gasteiger partial charge in [0.25, 0.3) is 0 Å². The number of esters is 2. The molecule has 0 amide bonds. The topological polar surface area (TPSA) is 102 Å². The lowest BCUT2D eigenvalue weighted by Gasteiger charge is -2.72. The fraction of sp³-hybridized carbons (Fsp3) is 0.857. The van der Waals surface area contributed by atoms with Crippen molar-refractivity contribution >= 4 is 21.8 Å². The lowest BCUT2D eigenvalue weighted by Crippen LogP contribution is -2.68. The summed E-state index contributed by atoms with van der Waals surface area (Å²) in [5, 5.41) is 4.22. The molecule has 6 aliphatic carbocycles. The maximum absolute atomic E-state index is 14.9. The van der Waals surface area contributed by atoms with E-state index in [9.17, 15) is 22.4 Å². The Balaban J connectivity index is 0.970. The van der Waals surface area contributed by atoms with Crippen LogP contribution in [-0.4, -0.2) is 81.9 Å². The van der Waals surface area contributed by atoms with Crippen molar-refractivity contribution in [2.75, 3.05) is 51.2 Å². The van der Waals surface area contributed by atoms with Gasteiger partial charge < -0.3 is 19.7 Å². The van der Waals surface area contributed by atoms with E-state index >= 15 is 0 Å². The van der Waals surface area contributed by atoms with Gasteiger partial charge in [-0.2, -0.15) is 0 Å². The van der Waals surface area contributed by atoms with Crippen molar-refractivity contribution < 1.29 is 31.9 Å². The molecule has 8 nitrogen and oxygen atoms in total. The van der Waals surface area contributed by atoms with Gasteiger partial charge in [0.15, 0.2) is 9.84 Å². The third-order valence-corrected chi connectivity index (χ3v) is 22.1. The van der Waals surface area contributed by atoms with E-state index < -0.39 is 34.7 Å². The Morgan fingerprint density at radius 1 is 0.818 bits per heavy atom. The molecule has 7 aliphatic rings. The zero-order valence-corrected chi connectivity index (χ0v) is 43.5. The minimum absolute atomic E-state index is 0.0579. The standard InChI is InChI=1S/C56H91FN2O6S/c1-9-10-11-12-13-14-15-16-17-18-48(60)64-40-65-50(61)55(39-57)28-21-42(22-29-55)44-24-26-52(6)46(51(44,4)5)25-27-54(8)47(52)20-19-45-49-43(41(2)3)23-30-56(49,32-31-53(45,54)7)58-33-34-59-35-37-66(62,63)38-36-59/h21,24,43,45-47,49,58H,2,9-20,22-23,25-40H2,1,3-8H3/t43-,45+,46-,47+,49+,52-,53+,54+,55+,56-/m0/s1. The summed E-state index contributed by atoms with van der Waals surface area (Å²) >= 11 is 0. The van der Waals surface area contributed by atoms with Crippen LogP contribution in [0, 0.1) is 56.7 Å². The smallest absolute Gasteiger partial charge is 0.317 e. The maximum Gasteiger partial charge on any atom is 0.317 e. The molecule has 1 N–H and O–H groups in total. The Labute approximate surface area is 400 Å². The number of carbonyl (C=O) groups is 2. The van der Waals surface area contributed by atoms with E-state index in [0.29, 0.717) is 68.4 Å². The Bertz CT molecular complexity index is 1920. The van der Waals surface area contributed by atoms with Gasteiger partial charge in [0.2, 0.25) is 6.79 Å². The molecule has 0 unspecified atom stereocenters. The average molecular weight is 939 g/mol. The molecule has 4 saturated carbocycles. The number of halogens is 1. The largest absolute Gasteiger partial charge is 0.428 e. The summed E-state index contributed by atoms with van der Waals surface area (Å²) in [5.74, 6) is 2.49. The number of allylic oxidation sites excluding steroid dienone is 5. The van der Waals surface area contributed by atoms with Crippen LogP contribution in [0.1, 0.15) is 190 Å². The van der Waals surface area contributed by atoms with Gasteiger partial charge in [0, 0.05) is 38.1 Å². The lowest BCUT2D eigenvalue weighted by atomic mass is 9.33. The molecule has 0 radical (unpaired) electrons. The van der Waals surface area contributed by atoms with Crippen molar-refractivity contribution in [3.63, 3.8) is 0 Å². The lowest BCUT2D eigenvalue weighted by molar-refractivity contribution is -0.221. The number of unbranched alkanes of at least 4 members (excludes halogenated alkanes) is 8.